The molecule has 0 aliphatic carbocycles. The zero-order chi connectivity index (χ0) is 15.9. The van der Waals surface area contributed by atoms with E-state index in [1.54, 1.807) is 11.7 Å². The highest BCUT2D eigenvalue weighted by atomic mass is 16.6. The lowest BCUT2D eigenvalue weighted by atomic mass is 10.1. The van der Waals surface area contributed by atoms with Crippen molar-refractivity contribution in [2.45, 2.75) is 24.5 Å². The van der Waals surface area contributed by atoms with Gasteiger partial charge in [-0.3, -0.25) is 4.57 Å². The maximum Gasteiger partial charge on any atom is 0.224 e. The first-order valence-corrected chi connectivity index (χ1v) is 6.68. The SMILES string of the molecule is COC1C(OC)[C@@H](CO)O[C@H]1n1cnc2c(N)nc(N)nc21. The Morgan fingerprint density at radius 3 is 2.64 bits per heavy atom. The van der Waals surface area contributed by atoms with Crippen molar-refractivity contribution >= 4 is 22.9 Å². The van der Waals surface area contributed by atoms with Gasteiger partial charge in [0.1, 0.15) is 23.8 Å². The number of fused-ring (bicyclic) bond motifs is 1. The van der Waals surface area contributed by atoms with Crippen molar-refractivity contribution in [2.24, 2.45) is 0 Å². The van der Waals surface area contributed by atoms with Gasteiger partial charge >= 0.3 is 0 Å². The minimum absolute atomic E-state index is 0.0423. The van der Waals surface area contributed by atoms with Gasteiger partial charge in [0.15, 0.2) is 17.7 Å². The van der Waals surface area contributed by atoms with Gasteiger partial charge < -0.3 is 30.8 Å². The Hall–Kier alpha value is -2.01. The molecular weight excluding hydrogens is 292 g/mol. The Labute approximate surface area is 126 Å². The molecule has 10 heteroatoms. The molecule has 0 amide bonds. The number of aliphatic hydroxyl groups is 1. The summed E-state index contributed by atoms with van der Waals surface area (Å²) in [4.78, 5) is 12.2. The molecule has 10 nitrogen and oxygen atoms in total. The van der Waals surface area contributed by atoms with E-state index in [0.717, 1.165) is 0 Å². The average molecular weight is 310 g/mol. The van der Waals surface area contributed by atoms with E-state index in [0.29, 0.717) is 11.2 Å². The second kappa shape index (κ2) is 5.65. The lowest BCUT2D eigenvalue weighted by Crippen LogP contribution is -2.36. The van der Waals surface area contributed by atoms with Gasteiger partial charge in [-0.25, -0.2) is 4.98 Å². The Kier molecular flexibility index (Phi) is 3.83. The van der Waals surface area contributed by atoms with Crippen molar-refractivity contribution in [1.82, 2.24) is 19.5 Å². The van der Waals surface area contributed by atoms with E-state index in [9.17, 15) is 5.11 Å². The number of nitrogen functional groups attached to an aromatic ring is 2. The molecule has 2 aromatic heterocycles. The molecule has 3 rings (SSSR count). The summed E-state index contributed by atoms with van der Waals surface area (Å²) in [5.74, 6) is 0.232. The number of nitrogens with two attached hydrogens (primary N) is 2. The topological polar surface area (TPSA) is 144 Å². The number of ether oxygens (including phenoxy) is 3. The minimum atomic E-state index is -0.578. The van der Waals surface area contributed by atoms with Gasteiger partial charge in [0.2, 0.25) is 5.95 Å². The van der Waals surface area contributed by atoms with Crippen LogP contribution < -0.4 is 11.5 Å². The van der Waals surface area contributed by atoms with Crippen LogP contribution in [0, 0.1) is 0 Å². The molecule has 4 atom stereocenters. The third-order valence-corrected chi connectivity index (χ3v) is 3.75. The van der Waals surface area contributed by atoms with Crippen LogP contribution in [0.5, 0.6) is 0 Å². The molecule has 5 N–H and O–H groups in total. The fourth-order valence-electron chi connectivity index (χ4n) is 2.76. The molecule has 1 saturated heterocycles. The standard InChI is InChI=1S/C12H18N6O4/c1-20-7-5(3-19)22-11(8(7)21-2)18-4-15-6-9(13)16-12(14)17-10(6)18/h4-5,7-8,11,19H,3H2,1-2H3,(H4,13,14,16,17)/t5-,7?,8?,11-/m1/s1. The number of hydrogen-bond donors (Lipinski definition) is 3. The van der Waals surface area contributed by atoms with E-state index in [1.165, 1.54) is 13.4 Å². The molecule has 22 heavy (non-hydrogen) atoms. The Balaban J connectivity index is 2.07. The second-order valence-electron chi connectivity index (χ2n) is 4.94. The monoisotopic (exact) mass is 310 g/mol. The lowest BCUT2D eigenvalue weighted by Gasteiger charge is -2.21. The average Bonchev–Trinajstić information content (AvgIpc) is 3.06. The zero-order valence-corrected chi connectivity index (χ0v) is 12.2. The van der Waals surface area contributed by atoms with E-state index < -0.39 is 24.5 Å². The van der Waals surface area contributed by atoms with E-state index in [-0.39, 0.29) is 18.4 Å². The molecule has 0 aromatic carbocycles. The number of aromatic nitrogens is 4. The van der Waals surface area contributed by atoms with Crippen molar-refractivity contribution < 1.29 is 19.3 Å². The van der Waals surface area contributed by atoms with Crippen LogP contribution in [0.25, 0.3) is 11.2 Å². The fraction of sp³-hybridized carbons (Fsp3) is 0.583. The highest BCUT2D eigenvalue weighted by Gasteiger charge is 2.46. The van der Waals surface area contributed by atoms with Crippen LogP contribution in [-0.2, 0) is 14.2 Å². The maximum absolute atomic E-state index is 9.45. The first-order chi connectivity index (χ1) is 10.6. The molecule has 0 radical (unpaired) electrons. The van der Waals surface area contributed by atoms with E-state index >= 15 is 0 Å². The van der Waals surface area contributed by atoms with E-state index in [1.807, 2.05) is 0 Å². The number of nitrogens with zero attached hydrogens (tertiary/aromatic N) is 4. The molecule has 0 saturated carbocycles. The number of anilines is 2. The molecule has 1 fully saturated rings. The van der Waals surface area contributed by atoms with Crippen LogP contribution in [0.15, 0.2) is 6.33 Å². The summed E-state index contributed by atoms with van der Waals surface area (Å²) in [7, 11) is 3.08. The van der Waals surface area contributed by atoms with Gasteiger partial charge in [-0.15, -0.1) is 0 Å². The quantitative estimate of drug-likeness (QED) is 0.641. The van der Waals surface area contributed by atoms with Gasteiger partial charge in [0, 0.05) is 14.2 Å². The fourth-order valence-corrected chi connectivity index (χ4v) is 2.76. The summed E-state index contributed by atoms with van der Waals surface area (Å²) in [5.41, 5.74) is 12.3. The number of hydrogen-bond acceptors (Lipinski definition) is 9. The third kappa shape index (κ3) is 2.16. The van der Waals surface area contributed by atoms with Crippen molar-refractivity contribution in [1.29, 1.82) is 0 Å². The molecule has 120 valence electrons. The largest absolute Gasteiger partial charge is 0.394 e. The van der Waals surface area contributed by atoms with Crippen LogP contribution in [0.1, 0.15) is 6.23 Å². The molecule has 1 aliphatic heterocycles. The number of aliphatic hydroxyl groups excluding tert-OH is 1. The van der Waals surface area contributed by atoms with Crippen molar-refractivity contribution in [2.75, 3.05) is 32.3 Å². The van der Waals surface area contributed by atoms with Gasteiger partial charge in [-0.1, -0.05) is 0 Å². The maximum atomic E-state index is 9.45. The first kappa shape index (κ1) is 14.9. The minimum Gasteiger partial charge on any atom is -0.394 e. The van der Waals surface area contributed by atoms with Crippen LogP contribution >= 0.6 is 0 Å². The summed E-state index contributed by atoms with van der Waals surface area (Å²) < 4.78 is 18.3. The molecule has 1 aliphatic rings. The number of rotatable bonds is 4. The van der Waals surface area contributed by atoms with E-state index in [2.05, 4.69) is 15.0 Å². The second-order valence-corrected chi connectivity index (χ2v) is 4.94. The normalized spacial score (nSPS) is 28.5. The smallest absolute Gasteiger partial charge is 0.224 e. The lowest BCUT2D eigenvalue weighted by molar-refractivity contribution is -0.0583. The van der Waals surface area contributed by atoms with E-state index in [4.69, 9.17) is 25.7 Å². The van der Waals surface area contributed by atoms with Crippen molar-refractivity contribution in [3.8, 4) is 0 Å². The predicted molar refractivity (Wildman–Crippen MR) is 76.7 cm³/mol. The highest BCUT2D eigenvalue weighted by Crippen LogP contribution is 2.35. The summed E-state index contributed by atoms with van der Waals surface area (Å²) in [6, 6.07) is 0. The number of imidazole rings is 1. The van der Waals surface area contributed by atoms with Crippen LogP contribution in [0.2, 0.25) is 0 Å². The summed E-state index contributed by atoms with van der Waals surface area (Å²) in [5, 5.41) is 9.45. The van der Waals surface area contributed by atoms with Crippen LogP contribution in [0.4, 0.5) is 11.8 Å². The molecule has 0 spiro atoms. The van der Waals surface area contributed by atoms with Crippen LogP contribution in [-0.4, -0.2) is 63.8 Å². The zero-order valence-electron chi connectivity index (χ0n) is 12.2. The van der Waals surface area contributed by atoms with Gasteiger partial charge in [-0.05, 0) is 0 Å². The Morgan fingerprint density at radius 1 is 1.27 bits per heavy atom. The Bertz CT molecular complexity index is 677. The summed E-state index contributed by atoms with van der Waals surface area (Å²) in [6.07, 6.45) is -0.441. The van der Waals surface area contributed by atoms with Gasteiger partial charge in [-0.2, -0.15) is 9.97 Å². The van der Waals surface area contributed by atoms with Crippen molar-refractivity contribution in [3.63, 3.8) is 0 Å². The predicted octanol–water partition coefficient (Wildman–Crippen LogP) is -1.09. The number of methoxy groups -OCH3 is 2. The van der Waals surface area contributed by atoms with Gasteiger partial charge in [0.05, 0.1) is 12.9 Å². The van der Waals surface area contributed by atoms with Gasteiger partial charge in [0.25, 0.3) is 0 Å². The molecule has 2 aromatic rings. The molecule has 2 unspecified atom stereocenters. The summed E-state index contributed by atoms with van der Waals surface area (Å²) in [6.45, 7) is -0.194. The summed E-state index contributed by atoms with van der Waals surface area (Å²) >= 11 is 0. The van der Waals surface area contributed by atoms with Crippen LogP contribution in [0.3, 0.4) is 0 Å². The molecular formula is C12H18N6O4. The first-order valence-electron chi connectivity index (χ1n) is 6.68. The molecule has 3 heterocycles. The Morgan fingerprint density at radius 2 is 2.00 bits per heavy atom. The third-order valence-electron chi connectivity index (χ3n) is 3.75. The molecule has 0 bridgehead atoms. The van der Waals surface area contributed by atoms with Crippen molar-refractivity contribution in [3.05, 3.63) is 6.33 Å². The highest BCUT2D eigenvalue weighted by molar-refractivity contribution is 5.82.